The highest BCUT2D eigenvalue weighted by Gasteiger charge is 2.51. The van der Waals surface area contributed by atoms with Gasteiger partial charge in [0.15, 0.2) is 0 Å². The molecule has 8 heavy (non-hydrogen) atoms. The summed E-state index contributed by atoms with van der Waals surface area (Å²) >= 11 is 3.98. The third-order valence-corrected chi connectivity index (χ3v) is 2.14. The summed E-state index contributed by atoms with van der Waals surface area (Å²) in [5.41, 5.74) is -0.594. The first kappa shape index (κ1) is 6.39. The minimum absolute atomic E-state index is 0.292. The smallest absolute Gasteiger partial charge is 0.143 e. The summed E-state index contributed by atoms with van der Waals surface area (Å²) in [5, 5.41) is 9.32. The second kappa shape index (κ2) is 1.62. The Morgan fingerprint density at radius 2 is 2.12 bits per heavy atom. The maximum absolute atomic E-state index is 9.32. The van der Waals surface area contributed by atoms with E-state index >= 15 is 0 Å². The number of hydrogen-bond acceptors (Lipinski definition) is 3. The SMILES string of the molecule is CC(C)C1(O)CN1S. The van der Waals surface area contributed by atoms with Crippen molar-refractivity contribution in [2.75, 3.05) is 6.54 Å². The molecule has 0 aromatic heterocycles. The highest BCUT2D eigenvalue weighted by Crippen LogP contribution is 2.37. The average molecular weight is 133 g/mol. The van der Waals surface area contributed by atoms with E-state index in [2.05, 4.69) is 12.8 Å². The molecule has 2 atom stereocenters. The van der Waals surface area contributed by atoms with Crippen LogP contribution in [0.3, 0.4) is 0 Å². The van der Waals surface area contributed by atoms with Gasteiger partial charge in [-0.25, -0.2) is 4.31 Å². The molecule has 1 aliphatic heterocycles. The molecule has 0 aromatic rings. The van der Waals surface area contributed by atoms with Gasteiger partial charge in [0.1, 0.15) is 5.72 Å². The summed E-state index contributed by atoms with van der Waals surface area (Å²) in [5.74, 6) is 0.292. The van der Waals surface area contributed by atoms with Gasteiger partial charge >= 0.3 is 0 Å². The van der Waals surface area contributed by atoms with Gasteiger partial charge in [0.2, 0.25) is 0 Å². The molecule has 0 amide bonds. The minimum atomic E-state index is -0.594. The quantitative estimate of drug-likeness (QED) is 0.402. The van der Waals surface area contributed by atoms with Gasteiger partial charge < -0.3 is 5.11 Å². The van der Waals surface area contributed by atoms with Crippen molar-refractivity contribution < 1.29 is 5.11 Å². The van der Waals surface area contributed by atoms with Gasteiger partial charge in [-0.15, -0.1) is 0 Å². The first-order chi connectivity index (χ1) is 3.57. The van der Waals surface area contributed by atoms with Gasteiger partial charge in [-0.2, -0.15) is 0 Å². The van der Waals surface area contributed by atoms with E-state index in [0.29, 0.717) is 12.5 Å². The monoisotopic (exact) mass is 133 g/mol. The maximum Gasteiger partial charge on any atom is 0.143 e. The van der Waals surface area contributed by atoms with Crippen LogP contribution in [0.15, 0.2) is 0 Å². The Balaban J connectivity index is 2.47. The lowest BCUT2D eigenvalue weighted by molar-refractivity contribution is 0.0713. The molecule has 2 nitrogen and oxygen atoms in total. The lowest BCUT2D eigenvalue weighted by Crippen LogP contribution is -2.20. The lowest BCUT2D eigenvalue weighted by Gasteiger charge is -2.10. The zero-order valence-corrected chi connectivity index (χ0v) is 6.02. The molecule has 1 heterocycles. The minimum Gasteiger partial charge on any atom is -0.373 e. The number of β-amino-alcohol motifs (C(OH)–C–C–N with tert-alkyl or cyclic N) is 1. The predicted octanol–water partition coefficient (Wildman–Crippen LogP) is 0.491. The molecule has 1 fully saturated rings. The second-order valence-corrected chi connectivity index (χ2v) is 3.07. The van der Waals surface area contributed by atoms with E-state index in [4.69, 9.17) is 0 Å². The lowest BCUT2D eigenvalue weighted by atomic mass is 10.1. The van der Waals surface area contributed by atoms with Gasteiger partial charge in [-0.1, -0.05) is 26.7 Å². The van der Waals surface area contributed by atoms with E-state index in [9.17, 15) is 5.11 Å². The van der Waals surface area contributed by atoms with Crippen LogP contribution in [0.5, 0.6) is 0 Å². The topological polar surface area (TPSA) is 23.2 Å². The van der Waals surface area contributed by atoms with Crippen molar-refractivity contribution in [3.8, 4) is 0 Å². The van der Waals surface area contributed by atoms with Crippen LogP contribution in [0.2, 0.25) is 0 Å². The van der Waals surface area contributed by atoms with Crippen LogP contribution < -0.4 is 0 Å². The first-order valence-electron chi connectivity index (χ1n) is 2.76. The largest absolute Gasteiger partial charge is 0.373 e. The fourth-order valence-electron chi connectivity index (χ4n) is 0.666. The van der Waals surface area contributed by atoms with E-state index < -0.39 is 5.72 Å². The molecule has 2 unspecified atom stereocenters. The molecule has 48 valence electrons. The van der Waals surface area contributed by atoms with Gasteiger partial charge in [-0.3, -0.25) is 0 Å². The van der Waals surface area contributed by atoms with Gasteiger partial charge in [0.05, 0.1) is 6.54 Å². The molecule has 0 radical (unpaired) electrons. The van der Waals surface area contributed by atoms with Crippen LogP contribution >= 0.6 is 12.8 Å². The van der Waals surface area contributed by atoms with Crippen LogP contribution in [0.25, 0.3) is 0 Å². The molecule has 0 saturated carbocycles. The van der Waals surface area contributed by atoms with E-state index in [1.807, 2.05) is 13.8 Å². The Bertz CT molecular complexity index is 107. The number of hydrogen-bond donors (Lipinski definition) is 2. The van der Waals surface area contributed by atoms with Gasteiger partial charge in [0.25, 0.3) is 0 Å². The first-order valence-corrected chi connectivity index (χ1v) is 3.16. The molecule has 1 rings (SSSR count). The Morgan fingerprint density at radius 1 is 1.75 bits per heavy atom. The number of nitrogens with zero attached hydrogens (tertiary/aromatic N) is 1. The van der Waals surface area contributed by atoms with Crippen LogP contribution in [-0.2, 0) is 0 Å². The second-order valence-electron chi connectivity index (χ2n) is 2.59. The predicted molar refractivity (Wildman–Crippen MR) is 35.5 cm³/mol. The van der Waals surface area contributed by atoms with Crippen LogP contribution in [-0.4, -0.2) is 21.7 Å². The third kappa shape index (κ3) is 0.747. The van der Waals surface area contributed by atoms with Crippen molar-refractivity contribution in [1.82, 2.24) is 4.31 Å². The highest BCUT2D eigenvalue weighted by atomic mass is 32.1. The fourth-order valence-corrected chi connectivity index (χ4v) is 1.10. The van der Waals surface area contributed by atoms with Crippen LogP contribution in [0.4, 0.5) is 0 Å². The van der Waals surface area contributed by atoms with Gasteiger partial charge in [-0.05, 0) is 5.92 Å². The van der Waals surface area contributed by atoms with E-state index in [-0.39, 0.29) is 0 Å². The molecule has 0 aromatic carbocycles. The maximum atomic E-state index is 9.32. The van der Waals surface area contributed by atoms with Crippen molar-refractivity contribution in [1.29, 1.82) is 0 Å². The zero-order valence-electron chi connectivity index (χ0n) is 5.13. The molecule has 0 aliphatic carbocycles. The molecule has 1 saturated heterocycles. The standard InChI is InChI=1S/C5H11NOS/c1-4(2)5(7)3-6(5)8/h4,7-8H,3H2,1-2H3. The average Bonchev–Trinajstić information content (AvgIpc) is 2.17. The number of aliphatic hydroxyl groups is 1. The van der Waals surface area contributed by atoms with Crippen molar-refractivity contribution >= 4 is 12.8 Å². The zero-order chi connectivity index (χ0) is 6.36. The molecule has 3 heteroatoms. The van der Waals surface area contributed by atoms with Crippen molar-refractivity contribution in [2.45, 2.75) is 19.6 Å². The summed E-state index contributed by atoms with van der Waals surface area (Å²) in [6, 6.07) is 0. The summed E-state index contributed by atoms with van der Waals surface area (Å²) < 4.78 is 1.64. The fraction of sp³-hybridized carbons (Fsp3) is 1.00. The van der Waals surface area contributed by atoms with Crippen LogP contribution in [0, 0.1) is 5.92 Å². The van der Waals surface area contributed by atoms with Crippen molar-refractivity contribution in [2.24, 2.45) is 5.92 Å². The molecule has 1 N–H and O–H groups in total. The van der Waals surface area contributed by atoms with Crippen molar-refractivity contribution in [3.63, 3.8) is 0 Å². The Labute approximate surface area is 55.0 Å². The van der Waals surface area contributed by atoms with E-state index in [0.717, 1.165) is 0 Å². The Hall–Kier alpha value is 0.270. The van der Waals surface area contributed by atoms with E-state index in [1.54, 1.807) is 4.31 Å². The molecule has 1 aliphatic rings. The molecular formula is C5H11NOS. The molecule has 0 bridgehead atoms. The third-order valence-electron chi connectivity index (χ3n) is 1.65. The van der Waals surface area contributed by atoms with E-state index in [1.165, 1.54) is 0 Å². The summed E-state index contributed by atoms with van der Waals surface area (Å²) in [6.07, 6.45) is 0. The summed E-state index contributed by atoms with van der Waals surface area (Å²) in [4.78, 5) is 0. The summed E-state index contributed by atoms with van der Waals surface area (Å²) in [7, 11) is 0. The van der Waals surface area contributed by atoms with Crippen molar-refractivity contribution in [3.05, 3.63) is 0 Å². The molecule has 0 spiro atoms. The Kier molecular flexibility index (Phi) is 1.30. The Morgan fingerprint density at radius 3 is 2.12 bits per heavy atom. The number of rotatable bonds is 1. The highest BCUT2D eigenvalue weighted by molar-refractivity contribution is 7.78. The van der Waals surface area contributed by atoms with Gasteiger partial charge in [0, 0.05) is 0 Å². The number of thiol groups is 1. The summed E-state index contributed by atoms with van der Waals surface area (Å²) in [6.45, 7) is 4.67. The molecular weight excluding hydrogens is 122 g/mol. The van der Waals surface area contributed by atoms with Crippen LogP contribution in [0.1, 0.15) is 13.8 Å². The normalized spacial score (nSPS) is 45.4.